The summed E-state index contributed by atoms with van der Waals surface area (Å²) in [7, 11) is 1.59. The quantitative estimate of drug-likeness (QED) is 0.766. The zero-order valence-corrected chi connectivity index (χ0v) is 10.7. The Kier molecular flexibility index (Phi) is 3.58. The van der Waals surface area contributed by atoms with Crippen molar-refractivity contribution in [2.24, 2.45) is 0 Å². The molecule has 90 valence electrons. The summed E-state index contributed by atoms with van der Waals surface area (Å²) in [6, 6.07) is 1.75. The van der Waals surface area contributed by atoms with Crippen molar-refractivity contribution in [3.8, 4) is 5.75 Å². The van der Waals surface area contributed by atoms with Gasteiger partial charge in [0.05, 0.1) is 23.7 Å². The van der Waals surface area contributed by atoms with E-state index in [1.807, 2.05) is 5.38 Å². The zero-order chi connectivity index (χ0) is 12.3. The molecular formula is C12H14N2O2S. The van der Waals surface area contributed by atoms with Crippen molar-refractivity contribution in [1.29, 1.82) is 0 Å². The number of ether oxygens (including phenoxy) is 1. The number of carbonyl (C=O) groups is 1. The molecule has 0 saturated carbocycles. The van der Waals surface area contributed by atoms with E-state index in [-0.39, 0.29) is 5.78 Å². The van der Waals surface area contributed by atoms with Crippen molar-refractivity contribution in [3.63, 3.8) is 0 Å². The summed E-state index contributed by atoms with van der Waals surface area (Å²) < 4.78 is 6.85. The molecule has 0 aliphatic carbocycles. The van der Waals surface area contributed by atoms with Gasteiger partial charge in [0.1, 0.15) is 5.75 Å². The SMILES string of the molecule is CCCn1cc(C(=O)c2cc(OC)cs2)cn1. The first-order valence-electron chi connectivity index (χ1n) is 5.44. The summed E-state index contributed by atoms with van der Waals surface area (Å²) in [4.78, 5) is 12.8. The third-order valence-electron chi connectivity index (χ3n) is 2.38. The number of carbonyl (C=O) groups excluding carboxylic acids is 1. The van der Waals surface area contributed by atoms with E-state index in [2.05, 4.69) is 12.0 Å². The van der Waals surface area contributed by atoms with Crippen molar-refractivity contribution < 1.29 is 9.53 Å². The van der Waals surface area contributed by atoms with Gasteiger partial charge in [0, 0.05) is 24.2 Å². The minimum atomic E-state index is 0.000605. The molecule has 2 aromatic heterocycles. The van der Waals surface area contributed by atoms with Gasteiger partial charge in [-0.25, -0.2) is 0 Å². The number of ketones is 1. The monoisotopic (exact) mass is 250 g/mol. The summed E-state index contributed by atoms with van der Waals surface area (Å²) in [6.45, 7) is 2.91. The molecular weight excluding hydrogens is 236 g/mol. The van der Waals surface area contributed by atoms with Crippen LogP contribution in [0.5, 0.6) is 5.75 Å². The third kappa shape index (κ3) is 2.55. The Morgan fingerprint density at radius 2 is 2.41 bits per heavy atom. The average Bonchev–Trinajstić information content (AvgIpc) is 2.97. The molecule has 0 saturated heterocycles. The fraction of sp³-hybridized carbons (Fsp3) is 0.333. The van der Waals surface area contributed by atoms with Crippen LogP contribution in [0, 0.1) is 0 Å². The smallest absolute Gasteiger partial charge is 0.206 e. The van der Waals surface area contributed by atoms with Crippen LogP contribution in [0.2, 0.25) is 0 Å². The topological polar surface area (TPSA) is 44.1 Å². The van der Waals surface area contributed by atoms with Crippen LogP contribution in [-0.2, 0) is 6.54 Å². The maximum absolute atomic E-state index is 12.1. The molecule has 0 atom stereocenters. The van der Waals surface area contributed by atoms with Crippen molar-refractivity contribution in [3.05, 3.63) is 34.3 Å². The molecule has 2 aromatic rings. The lowest BCUT2D eigenvalue weighted by Crippen LogP contribution is -1.98. The number of aryl methyl sites for hydroxylation is 1. The molecule has 2 rings (SSSR count). The Labute approximate surface area is 104 Å². The first kappa shape index (κ1) is 11.9. The predicted octanol–water partition coefficient (Wildman–Crippen LogP) is 2.59. The van der Waals surface area contributed by atoms with Crippen LogP contribution in [0.15, 0.2) is 23.8 Å². The van der Waals surface area contributed by atoms with E-state index < -0.39 is 0 Å². The van der Waals surface area contributed by atoms with Gasteiger partial charge in [-0.2, -0.15) is 5.10 Å². The number of aromatic nitrogens is 2. The summed E-state index contributed by atoms with van der Waals surface area (Å²) in [5, 5.41) is 5.97. The molecule has 0 aliphatic rings. The Morgan fingerprint density at radius 1 is 1.59 bits per heavy atom. The van der Waals surface area contributed by atoms with Gasteiger partial charge in [0.25, 0.3) is 0 Å². The van der Waals surface area contributed by atoms with E-state index in [1.165, 1.54) is 11.3 Å². The van der Waals surface area contributed by atoms with Gasteiger partial charge >= 0.3 is 0 Å². The lowest BCUT2D eigenvalue weighted by atomic mass is 10.2. The minimum Gasteiger partial charge on any atom is -0.496 e. The van der Waals surface area contributed by atoms with Crippen molar-refractivity contribution >= 4 is 17.1 Å². The van der Waals surface area contributed by atoms with Crippen LogP contribution in [0.25, 0.3) is 0 Å². The van der Waals surface area contributed by atoms with E-state index in [9.17, 15) is 4.79 Å². The van der Waals surface area contributed by atoms with Crippen LogP contribution >= 0.6 is 11.3 Å². The third-order valence-corrected chi connectivity index (χ3v) is 3.29. The lowest BCUT2D eigenvalue weighted by Gasteiger charge is -1.95. The van der Waals surface area contributed by atoms with Crippen molar-refractivity contribution in [1.82, 2.24) is 9.78 Å². The molecule has 0 amide bonds. The van der Waals surface area contributed by atoms with E-state index in [1.54, 1.807) is 30.3 Å². The molecule has 17 heavy (non-hydrogen) atoms. The highest BCUT2D eigenvalue weighted by Gasteiger charge is 2.14. The lowest BCUT2D eigenvalue weighted by molar-refractivity contribution is 0.104. The molecule has 0 fully saturated rings. The van der Waals surface area contributed by atoms with E-state index in [0.29, 0.717) is 10.4 Å². The first-order valence-corrected chi connectivity index (χ1v) is 6.32. The van der Waals surface area contributed by atoms with Gasteiger partial charge in [-0.3, -0.25) is 9.48 Å². The zero-order valence-electron chi connectivity index (χ0n) is 9.84. The maximum Gasteiger partial charge on any atom is 0.206 e. The number of thiophene rings is 1. The highest BCUT2D eigenvalue weighted by atomic mass is 32.1. The Bertz CT molecular complexity index is 516. The fourth-order valence-corrected chi connectivity index (χ4v) is 2.34. The van der Waals surface area contributed by atoms with Crippen LogP contribution < -0.4 is 4.74 Å². The highest BCUT2D eigenvalue weighted by molar-refractivity contribution is 7.12. The van der Waals surface area contributed by atoms with E-state index in [0.717, 1.165) is 18.7 Å². The second-order valence-electron chi connectivity index (χ2n) is 3.67. The molecule has 0 spiro atoms. The van der Waals surface area contributed by atoms with Crippen LogP contribution in [0.1, 0.15) is 28.6 Å². The van der Waals surface area contributed by atoms with Gasteiger partial charge in [-0.05, 0) is 6.42 Å². The number of hydrogen-bond donors (Lipinski definition) is 0. The van der Waals surface area contributed by atoms with Gasteiger partial charge in [-0.1, -0.05) is 6.92 Å². The molecule has 2 heterocycles. The molecule has 0 aromatic carbocycles. The Hall–Kier alpha value is -1.62. The molecule has 4 nitrogen and oxygen atoms in total. The van der Waals surface area contributed by atoms with Gasteiger partial charge < -0.3 is 4.74 Å². The van der Waals surface area contributed by atoms with Crippen LogP contribution in [0.3, 0.4) is 0 Å². The second kappa shape index (κ2) is 5.14. The van der Waals surface area contributed by atoms with Gasteiger partial charge in [0.2, 0.25) is 5.78 Å². The van der Waals surface area contributed by atoms with E-state index in [4.69, 9.17) is 4.74 Å². The van der Waals surface area contributed by atoms with Crippen molar-refractivity contribution in [2.75, 3.05) is 7.11 Å². The first-order chi connectivity index (χ1) is 8.24. The number of hydrogen-bond acceptors (Lipinski definition) is 4. The summed E-state index contributed by atoms with van der Waals surface area (Å²) in [5.74, 6) is 0.722. The molecule has 0 radical (unpaired) electrons. The molecule has 0 aliphatic heterocycles. The van der Waals surface area contributed by atoms with Gasteiger partial charge in [-0.15, -0.1) is 11.3 Å². The standard InChI is InChI=1S/C12H14N2O2S/c1-3-4-14-7-9(6-13-14)12(15)11-5-10(16-2)8-17-11/h5-8H,3-4H2,1-2H3. The summed E-state index contributed by atoms with van der Waals surface area (Å²) in [5.41, 5.74) is 0.628. The molecule has 5 heteroatoms. The minimum absolute atomic E-state index is 0.000605. The number of rotatable bonds is 5. The van der Waals surface area contributed by atoms with Crippen LogP contribution in [-0.4, -0.2) is 22.7 Å². The van der Waals surface area contributed by atoms with Gasteiger partial charge in [0.15, 0.2) is 0 Å². The molecule has 0 unspecified atom stereocenters. The normalized spacial score (nSPS) is 10.5. The largest absolute Gasteiger partial charge is 0.496 e. The number of methoxy groups -OCH3 is 1. The maximum atomic E-state index is 12.1. The highest BCUT2D eigenvalue weighted by Crippen LogP contribution is 2.23. The number of nitrogens with zero attached hydrogens (tertiary/aromatic N) is 2. The second-order valence-corrected chi connectivity index (χ2v) is 4.58. The summed E-state index contributed by atoms with van der Waals surface area (Å²) >= 11 is 1.39. The fourth-order valence-electron chi connectivity index (χ4n) is 1.52. The predicted molar refractivity (Wildman–Crippen MR) is 66.8 cm³/mol. The van der Waals surface area contributed by atoms with Crippen molar-refractivity contribution in [2.45, 2.75) is 19.9 Å². The molecule has 0 bridgehead atoms. The summed E-state index contributed by atoms with van der Waals surface area (Å²) in [6.07, 6.45) is 4.41. The Balaban J connectivity index is 2.18. The van der Waals surface area contributed by atoms with Crippen LogP contribution in [0.4, 0.5) is 0 Å². The molecule has 0 N–H and O–H groups in total. The average molecular weight is 250 g/mol. The van der Waals surface area contributed by atoms with E-state index >= 15 is 0 Å². The Morgan fingerprint density at radius 3 is 3.06 bits per heavy atom.